The van der Waals surface area contributed by atoms with Gasteiger partial charge in [-0.15, -0.1) is 0 Å². The second-order valence-corrected chi connectivity index (χ2v) is 30.7. The van der Waals surface area contributed by atoms with Crippen LogP contribution in [0.4, 0.5) is 0 Å². The van der Waals surface area contributed by atoms with Crippen molar-refractivity contribution in [2.75, 3.05) is 0 Å². The first-order chi connectivity index (χ1) is 40.6. The van der Waals surface area contributed by atoms with Gasteiger partial charge in [0, 0.05) is 5.92 Å². The monoisotopic (exact) mass is 1180 g/mol. The molecule has 502 valence electrons. The molecule has 0 aliphatic carbocycles. The van der Waals surface area contributed by atoms with Crippen molar-refractivity contribution in [3.05, 3.63) is 0 Å². The van der Waals surface area contributed by atoms with Crippen LogP contribution in [0, 0.1) is 130 Å². The van der Waals surface area contributed by atoms with Crippen LogP contribution in [0.1, 0.15) is 409 Å². The van der Waals surface area contributed by atoms with Crippen LogP contribution >= 0.6 is 0 Å². The number of hydrogen-bond acceptors (Lipinski definition) is 1. The van der Waals surface area contributed by atoms with Gasteiger partial charge in [-0.1, -0.05) is 280 Å². The Hall–Kier alpha value is -0.510. The first-order valence-corrected chi connectivity index (χ1v) is 39.9. The number of nitriles is 1. The minimum absolute atomic E-state index is 0.172. The van der Waals surface area contributed by atoms with E-state index < -0.39 is 0 Å². The van der Waals surface area contributed by atoms with Crippen molar-refractivity contribution in [2.45, 2.75) is 409 Å². The minimum atomic E-state index is 0.172. The highest BCUT2D eigenvalue weighted by atomic mass is 14.4. The molecule has 0 saturated heterocycles. The first-order valence-electron chi connectivity index (χ1n) is 39.9. The highest BCUT2D eigenvalue weighted by Crippen LogP contribution is 2.46. The fourth-order valence-electron chi connectivity index (χ4n) is 18.3. The van der Waals surface area contributed by atoms with E-state index in [1.807, 2.05) is 0 Å². The van der Waals surface area contributed by atoms with Crippen molar-refractivity contribution >= 4 is 0 Å². The van der Waals surface area contributed by atoms with Gasteiger partial charge in [0.15, 0.2) is 0 Å². The maximum Gasteiger partial charge on any atom is 0.0655 e. The zero-order chi connectivity index (χ0) is 63.2. The molecule has 0 radical (unpaired) electrons. The molecule has 0 aliphatic rings. The largest absolute Gasteiger partial charge is 0.198 e. The molecular weight excluding hydrogens is 1010 g/mol. The van der Waals surface area contributed by atoms with Crippen LogP contribution in [-0.4, -0.2) is 0 Å². The molecule has 1 nitrogen and oxygen atoms in total. The van der Waals surface area contributed by atoms with Crippen molar-refractivity contribution in [2.24, 2.45) is 118 Å². The second kappa shape index (κ2) is 53.2. The van der Waals surface area contributed by atoms with Crippen molar-refractivity contribution in [3.8, 4) is 6.07 Å². The van der Waals surface area contributed by atoms with Gasteiger partial charge in [0.25, 0.3) is 0 Å². The van der Waals surface area contributed by atoms with Crippen molar-refractivity contribution in [3.63, 3.8) is 0 Å². The van der Waals surface area contributed by atoms with E-state index in [1.165, 1.54) is 250 Å². The zero-order valence-corrected chi connectivity index (χ0v) is 62.5. The SMILES string of the molecule is CCCC(CC)CC(CC(CC)CC)CC(CC(CC(CC)CC)CC(CC)CC)CC(CC(CC(C#N)CC)CC(CC(CC(CC)CC)CC(CC)CC)CC(CC(CC)CC)CC(CC)CC)CC(CC(CC)CC)CC(CC)CC. The molecule has 0 bridgehead atoms. The van der Waals surface area contributed by atoms with Crippen LogP contribution in [0.5, 0.6) is 0 Å². The zero-order valence-electron chi connectivity index (χ0n) is 62.5. The molecule has 6 unspecified atom stereocenters. The molecule has 1 heteroatoms. The maximum atomic E-state index is 11.2. The van der Waals surface area contributed by atoms with Crippen LogP contribution in [0.25, 0.3) is 0 Å². The fraction of sp³-hybridized carbons (Fsp3) is 0.988. The molecule has 0 saturated carbocycles. The van der Waals surface area contributed by atoms with Gasteiger partial charge in [-0.2, -0.15) is 5.26 Å². The molecule has 0 aromatic carbocycles. The minimum Gasteiger partial charge on any atom is -0.198 e. The molecule has 0 fully saturated rings. The Morgan fingerprint density at radius 2 is 0.298 bits per heavy atom. The molecular formula is C83H165N. The summed E-state index contributed by atoms with van der Waals surface area (Å²) in [6, 6.07) is 3.01. The Morgan fingerprint density at radius 3 is 0.417 bits per heavy atom. The van der Waals surface area contributed by atoms with Gasteiger partial charge >= 0.3 is 0 Å². The summed E-state index contributed by atoms with van der Waals surface area (Å²) in [7, 11) is 0. The van der Waals surface area contributed by atoms with E-state index in [0.717, 1.165) is 119 Å². The maximum absolute atomic E-state index is 11.2. The van der Waals surface area contributed by atoms with Crippen LogP contribution in [0.2, 0.25) is 0 Å². The fourth-order valence-corrected chi connectivity index (χ4v) is 18.3. The standard InChI is InChI=1S/C83H165N/c1-22-43-73(41-20)53-79(52-72(39-18)40-19)59-82(57-77(48-68(31-10)32-11)49-69(33-12)34-13)62-83(58-78(50-70(35-14)36-15)51-71(37-16)38-17)61-80(54-74(42-21)63-84)60-81(55-75(44-64(23-2)24-3)45-65(25-4)26-5)56-76(46-66(27-6)28-7)47-67(29-8)30-9/h64-83H,22-62H2,1-21H3. The summed E-state index contributed by atoms with van der Waals surface area (Å²) >= 11 is 0. The highest BCUT2D eigenvalue weighted by molar-refractivity contribution is 4.89. The Kier molecular flexibility index (Phi) is 52.9. The van der Waals surface area contributed by atoms with E-state index in [2.05, 4.69) is 151 Å². The summed E-state index contributed by atoms with van der Waals surface area (Å²) in [5.41, 5.74) is 0. The highest BCUT2D eigenvalue weighted by Gasteiger charge is 2.35. The van der Waals surface area contributed by atoms with E-state index in [9.17, 15) is 5.26 Å². The molecule has 0 N–H and O–H groups in total. The molecule has 0 spiro atoms. The molecule has 0 amide bonds. The lowest BCUT2D eigenvalue weighted by Crippen LogP contribution is -2.27. The summed E-state index contributed by atoms with van der Waals surface area (Å²) in [6.45, 7) is 52.5. The predicted molar refractivity (Wildman–Crippen MR) is 384 cm³/mol. The van der Waals surface area contributed by atoms with Crippen molar-refractivity contribution in [1.82, 2.24) is 0 Å². The summed E-state index contributed by atoms with van der Waals surface area (Å²) in [4.78, 5) is 0. The van der Waals surface area contributed by atoms with Gasteiger partial charge in [-0.3, -0.25) is 0 Å². The average molecular weight is 1180 g/mol. The molecule has 0 heterocycles. The van der Waals surface area contributed by atoms with Gasteiger partial charge in [-0.05, 0) is 241 Å². The lowest BCUT2D eigenvalue weighted by molar-refractivity contribution is 0.133. The molecule has 0 aliphatic heterocycles. The second-order valence-electron chi connectivity index (χ2n) is 30.7. The lowest BCUT2D eigenvalue weighted by atomic mass is 9.67. The van der Waals surface area contributed by atoms with E-state index in [-0.39, 0.29) is 5.92 Å². The van der Waals surface area contributed by atoms with Crippen molar-refractivity contribution < 1.29 is 0 Å². The third kappa shape index (κ3) is 36.4. The Labute approximate surface area is 535 Å². The lowest BCUT2D eigenvalue weighted by Gasteiger charge is -2.38. The summed E-state index contributed by atoms with van der Waals surface area (Å²) in [6.07, 6.45) is 56.3. The van der Waals surface area contributed by atoms with Gasteiger partial charge in [0.2, 0.25) is 0 Å². The molecule has 0 rings (SSSR count). The van der Waals surface area contributed by atoms with Gasteiger partial charge < -0.3 is 0 Å². The van der Waals surface area contributed by atoms with E-state index in [1.54, 1.807) is 0 Å². The molecule has 0 aromatic heterocycles. The quantitative estimate of drug-likeness (QED) is 0.0595. The van der Waals surface area contributed by atoms with E-state index >= 15 is 0 Å². The van der Waals surface area contributed by atoms with Crippen LogP contribution in [-0.2, 0) is 0 Å². The van der Waals surface area contributed by atoms with Gasteiger partial charge in [0.1, 0.15) is 0 Å². The average Bonchev–Trinajstić information content (AvgIpc) is 3.72. The normalized spacial score (nSPS) is 15.0. The van der Waals surface area contributed by atoms with Gasteiger partial charge in [0.05, 0.1) is 6.07 Å². The summed E-state index contributed by atoms with van der Waals surface area (Å²) < 4.78 is 0. The van der Waals surface area contributed by atoms with E-state index in [4.69, 9.17) is 0 Å². The van der Waals surface area contributed by atoms with Crippen LogP contribution in [0.3, 0.4) is 0 Å². The third-order valence-electron chi connectivity index (χ3n) is 25.0. The molecule has 6 atom stereocenters. The van der Waals surface area contributed by atoms with Crippen molar-refractivity contribution in [1.29, 1.82) is 5.26 Å². The van der Waals surface area contributed by atoms with Crippen LogP contribution < -0.4 is 0 Å². The topological polar surface area (TPSA) is 23.8 Å². The molecule has 84 heavy (non-hydrogen) atoms. The summed E-state index contributed by atoms with van der Waals surface area (Å²) in [5.74, 6) is 15.8. The smallest absolute Gasteiger partial charge is 0.0655 e. The summed E-state index contributed by atoms with van der Waals surface area (Å²) in [5, 5.41) is 11.2. The Morgan fingerprint density at radius 1 is 0.167 bits per heavy atom. The molecule has 0 aromatic rings. The number of nitrogens with zero attached hydrogens (tertiary/aromatic N) is 1. The number of hydrogen-bond donors (Lipinski definition) is 0. The van der Waals surface area contributed by atoms with Crippen LogP contribution in [0.15, 0.2) is 0 Å². The first kappa shape index (κ1) is 83.5. The predicted octanol–water partition coefficient (Wildman–Crippen LogP) is 29.2. The third-order valence-corrected chi connectivity index (χ3v) is 25.0. The number of rotatable bonds is 60. The van der Waals surface area contributed by atoms with E-state index in [0.29, 0.717) is 5.92 Å². The Bertz CT molecular complexity index is 1310. The van der Waals surface area contributed by atoms with Gasteiger partial charge in [-0.25, -0.2) is 0 Å². The Balaban J connectivity index is 8.92.